The molecule has 0 saturated heterocycles. The summed E-state index contributed by atoms with van der Waals surface area (Å²) < 4.78 is 0. The zero-order valence-electron chi connectivity index (χ0n) is 15.8. The Balaban J connectivity index is 1.59. The molecule has 0 aliphatic carbocycles. The van der Waals surface area contributed by atoms with Crippen molar-refractivity contribution in [3.8, 4) is 0 Å². The van der Waals surface area contributed by atoms with Crippen molar-refractivity contribution in [3.63, 3.8) is 0 Å². The number of rotatable bonds is 10. The fourth-order valence-electron chi connectivity index (χ4n) is 2.47. The van der Waals surface area contributed by atoms with Gasteiger partial charge in [0.15, 0.2) is 0 Å². The van der Waals surface area contributed by atoms with Crippen molar-refractivity contribution < 1.29 is 9.59 Å². The molecule has 2 amide bonds. The van der Waals surface area contributed by atoms with Crippen LogP contribution in [-0.4, -0.2) is 24.3 Å². The van der Waals surface area contributed by atoms with E-state index in [1.807, 2.05) is 61.0 Å². The molecule has 6 heteroatoms. The molecule has 2 aromatic rings. The minimum absolute atomic E-state index is 0.0237. The highest BCUT2D eigenvalue weighted by Crippen LogP contribution is 2.15. The van der Waals surface area contributed by atoms with Crippen LogP contribution in [0.15, 0.2) is 58.3 Å². The summed E-state index contributed by atoms with van der Waals surface area (Å²) in [5.41, 5.74) is 2.15. The second-order valence-corrected chi connectivity index (χ2v) is 7.86. The Morgan fingerprint density at radius 1 is 0.704 bits per heavy atom. The van der Waals surface area contributed by atoms with Crippen LogP contribution >= 0.6 is 23.5 Å². The molecule has 0 spiro atoms. The van der Waals surface area contributed by atoms with Crippen LogP contribution in [-0.2, 0) is 22.7 Å². The van der Waals surface area contributed by atoms with Gasteiger partial charge in [-0.2, -0.15) is 0 Å². The van der Waals surface area contributed by atoms with Crippen molar-refractivity contribution in [1.82, 2.24) is 10.6 Å². The van der Waals surface area contributed by atoms with Crippen LogP contribution in [0.5, 0.6) is 0 Å². The first-order chi connectivity index (χ1) is 13.1. The van der Waals surface area contributed by atoms with Crippen LogP contribution in [0.4, 0.5) is 0 Å². The number of carbonyl (C=O) groups is 2. The van der Waals surface area contributed by atoms with Crippen molar-refractivity contribution in [2.45, 2.75) is 42.1 Å². The van der Waals surface area contributed by atoms with Crippen LogP contribution in [0.3, 0.4) is 0 Å². The second-order valence-electron chi connectivity index (χ2n) is 6.10. The van der Waals surface area contributed by atoms with Gasteiger partial charge >= 0.3 is 0 Å². The highest BCUT2D eigenvalue weighted by molar-refractivity contribution is 7.98. The third-order valence-electron chi connectivity index (χ3n) is 4.11. The minimum Gasteiger partial charge on any atom is -0.352 e. The number of amides is 2. The molecule has 0 atom stereocenters. The summed E-state index contributed by atoms with van der Waals surface area (Å²) >= 11 is 3.39. The van der Waals surface area contributed by atoms with Gasteiger partial charge in [0.1, 0.15) is 0 Å². The van der Waals surface area contributed by atoms with Gasteiger partial charge in [-0.1, -0.05) is 24.3 Å². The number of thioether (sulfide) groups is 2. The van der Waals surface area contributed by atoms with Crippen LogP contribution < -0.4 is 10.6 Å². The first kappa shape index (κ1) is 21.4. The van der Waals surface area contributed by atoms with Crippen molar-refractivity contribution in [2.75, 3.05) is 12.5 Å². The van der Waals surface area contributed by atoms with E-state index in [1.165, 1.54) is 9.79 Å². The summed E-state index contributed by atoms with van der Waals surface area (Å²) in [5.74, 6) is -0.0474. The SMILES string of the molecule is CSc1ccc(CNC(=O)CCCC(=O)NCc2ccc(SC)cc2)cc1. The van der Waals surface area contributed by atoms with Gasteiger partial charge < -0.3 is 10.6 Å². The predicted octanol–water partition coefficient (Wildman–Crippen LogP) is 4.23. The summed E-state index contributed by atoms with van der Waals surface area (Å²) in [6, 6.07) is 16.3. The maximum Gasteiger partial charge on any atom is 0.220 e. The summed E-state index contributed by atoms with van der Waals surface area (Å²) in [6.07, 6.45) is 5.34. The van der Waals surface area contributed by atoms with E-state index in [0.717, 1.165) is 11.1 Å². The van der Waals surface area contributed by atoms with E-state index in [1.54, 1.807) is 23.5 Å². The van der Waals surface area contributed by atoms with E-state index in [2.05, 4.69) is 10.6 Å². The molecule has 0 saturated carbocycles. The van der Waals surface area contributed by atoms with Gasteiger partial charge in [-0.05, 0) is 54.3 Å². The normalized spacial score (nSPS) is 10.4. The quantitative estimate of drug-likeness (QED) is 0.584. The molecule has 2 rings (SSSR count). The Morgan fingerprint density at radius 3 is 1.41 bits per heavy atom. The molecule has 0 unspecified atom stereocenters. The van der Waals surface area contributed by atoms with Crippen molar-refractivity contribution in [3.05, 3.63) is 59.7 Å². The Hall–Kier alpha value is -1.92. The first-order valence-corrected chi connectivity index (χ1v) is 11.3. The third kappa shape index (κ3) is 8.10. The number of carbonyl (C=O) groups excluding carboxylic acids is 2. The lowest BCUT2D eigenvalue weighted by Gasteiger charge is -2.07. The Bertz CT molecular complexity index is 667. The van der Waals surface area contributed by atoms with E-state index in [0.29, 0.717) is 32.4 Å². The molecule has 2 N–H and O–H groups in total. The summed E-state index contributed by atoms with van der Waals surface area (Å²) in [4.78, 5) is 26.2. The monoisotopic (exact) mass is 402 g/mol. The lowest BCUT2D eigenvalue weighted by molar-refractivity contribution is -0.122. The van der Waals surface area contributed by atoms with Gasteiger partial charge in [0.05, 0.1) is 0 Å². The Labute approximate surface area is 169 Å². The standard InChI is InChI=1S/C21H26N2O2S2/c1-26-18-10-6-16(7-11-18)14-22-20(24)4-3-5-21(25)23-15-17-8-12-19(27-2)13-9-17/h6-13H,3-5,14-15H2,1-2H3,(H,22,24)(H,23,25). The fourth-order valence-corrected chi connectivity index (χ4v) is 3.29. The largest absolute Gasteiger partial charge is 0.352 e. The molecule has 0 aliphatic heterocycles. The molecule has 2 aromatic carbocycles. The van der Waals surface area contributed by atoms with Crippen molar-refractivity contribution in [1.29, 1.82) is 0 Å². The average molecular weight is 403 g/mol. The van der Waals surface area contributed by atoms with Gasteiger partial charge in [0, 0.05) is 35.7 Å². The molecule has 0 heterocycles. The van der Waals surface area contributed by atoms with Gasteiger partial charge in [-0.15, -0.1) is 23.5 Å². The van der Waals surface area contributed by atoms with E-state index in [-0.39, 0.29) is 11.8 Å². The molecular formula is C21H26N2O2S2. The average Bonchev–Trinajstić information content (AvgIpc) is 2.71. The van der Waals surface area contributed by atoms with E-state index in [9.17, 15) is 9.59 Å². The minimum atomic E-state index is -0.0237. The van der Waals surface area contributed by atoms with Crippen LogP contribution in [0, 0.1) is 0 Å². The molecule has 0 aliphatic rings. The van der Waals surface area contributed by atoms with E-state index >= 15 is 0 Å². The van der Waals surface area contributed by atoms with Crippen molar-refractivity contribution in [2.24, 2.45) is 0 Å². The molecule has 27 heavy (non-hydrogen) atoms. The van der Waals surface area contributed by atoms with Crippen LogP contribution in [0.25, 0.3) is 0 Å². The number of nitrogens with one attached hydrogen (secondary N) is 2. The molecule has 0 radical (unpaired) electrons. The topological polar surface area (TPSA) is 58.2 Å². The number of benzene rings is 2. The predicted molar refractivity (Wildman–Crippen MR) is 114 cm³/mol. The highest BCUT2D eigenvalue weighted by Gasteiger charge is 2.06. The van der Waals surface area contributed by atoms with E-state index in [4.69, 9.17) is 0 Å². The summed E-state index contributed by atoms with van der Waals surface area (Å²) in [5, 5.41) is 5.80. The summed E-state index contributed by atoms with van der Waals surface area (Å²) in [6.45, 7) is 1.04. The zero-order valence-corrected chi connectivity index (χ0v) is 17.4. The lowest BCUT2D eigenvalue weighted by Crippen LogP contribution is -2.25. The highest BCUT2D eigenvalue weighted by atomic mass is 32.2. The van der Waals surface area contributed by atoms with Crippen LogP contribution in [0.2, 0.25) is 0 Å². The zero-order chi connectivity index (χ0) is 19.5. The number of hydrogen-bond acceptors (Lipinski definition) is 4. The third-order valence-corrected chi connectivity index (χ3v) is 5.59. The Morgan fingerprint density at radius 2 is 1.07 bits per heavy atom. The van der Waals surface area contributed by atoms with Crippen LogP contribution in [0.1, 0.15) is 30.4 Å². The first-order valence-electron chi connectivity index (χ1n) is 8.90. The molecule has 144 valence electrons. The molecule has 0 fully saturated rings. The van der Waals surface area contributed by atoms with Gasteiger partial charge in [-0.25, -0.2) is 0 Å². The van der Waals surface area contributed by atoms with E-state index < -0.39 is 0 Å². The van der Waals surface area contributed by atoms with Crippen molar-refractivity contribution >= 4 is 35.3 Å². The summed E-state index contributed by atoms with van der Waals surface area (Å²) in [7, 11) is 0. The smallest absolute Gasteiger partial charge is 0.220 e. The number of hydrogen-bond donors (Lipinski definition) is 2. The lowest BCUT2D eigenvalue weighted by atomic mass is 10.2. The molecular weight excluding hydrogens is 376 g/mol. The molecule has 0 aromatic heterocycles. The van der Waals surface area contributed by atoms with Gasteiger partial charge in [-0.3, -0.25) is 9.59 Å². The fraction of sp³-hybridized carbons (Fsp3) is 0.333. The molecule has 0 bridgehead atoms. The maximum atomic E-state index is 11.9. The maximum absolute atomic E-state index is 11.9. The van der Waals surface area contributed by atoms with Gasteiger partial charge in [0.25, 0.3) is 0 Å². The Kier molecular flexibility index (Phi) is 9.28. The van der Waals surface area contributed by atoms with Gasteiger partial charge in [0.2, 0.25) is 11.8 Å². The second kappa shape index (κ2) is 11.7. The molecule has 4 nitrogen and oxygen atoms in total.